The van der Waals surface area contributed by atoms with Gasteiger partial charge in [0.2, 0.25) is 0 Å². The molecule has 0 N–H and O–H groups in total. The van der Waals surface area contributed by atoms with Gasteiger partial charge in [-0.05, 0) is 44.4 Å². The summed E-state index contributed by atoms with van der Waals surface area (Å²) < 4.78 is 16.0. The second kappa shape index (κ2) is 6.86. The van der Waals surface area contributed by atoms with Gasteiger partial charge in [-0.2, -0.15) is 0 Å². The number of fused-ring (bicyclic) bond motifs is 1. The van der Waals surface area contributed by atoms with E-state index in [1.807, 2.05) is 39.0 Å². The summed E-state index contributed by atoms with van der Waals surface area (Å²) in [6.07, 6.45) is 2.54. The van der Waals surface area contributed by atoms with Crippen LogP contribution in [0.5, 0.6) is 11.5 Å². The zero-order valence-corrected chi connectivity index (χ0v) is 14.3. The molecule has 5 heteroatoms. The Hall–Kier alpha value is -2.30. The number of hydrogen-bond donors (Lipinski definition) is 0. The predicted molar refractivity (Wildman–Crippen MR) is 89.0 cm³/mol. The van der Waals surface area contributed by atoms with Gasteiger partial charge in [0, 0.05) is 23.7 Å². The highest BCUT2D eigenvalue weighted by Gasteiger charge is 2.17. The molecule has 1 heterocycles. The van der Waals surface area contributed by atoms with Crippen LogP contribution in [-0.4, -0.2) is 30.8 Å². The van der Waals surface area contributed by atoms with Crippen LogP contribution in [0.3, 0.4) is 0 Å². The third kappa shape index (κ3) is 4.34. The molecule has 0 bridgehead atoms. The van der Waals surface area contributed by atoms with Crippen molar-refractivity contribution in [3.05, 3.63) is 30.1 Å². The average molecular weight is 317 g/mol. The SMILES string of the molecule is COc1cc2ccnc(CCC(=O)OC(C)(C)C)c2cc1OC. The summed E-state index contributed by atoms with van der Waals surface area (Å²) in [6, 6.07) is 5.71. The van der Waals surface area contributed by atoms with Gasteiger partial charge < -0.3 is 14.2 Å². The van der Waals surface area contributed by atoms with Crippen LogP contribution in [0.2, 0.25) is 0 Å². The molecular weight excluding hydrogens is 294 g/mol. The monoisotopic (exact) mass is 317 g/mol. The Labute approximate surface area is 136 Å². The van der Waals surface area contributed by atoms with Gasteiger partial charge in [0.1, 0.15) is 5.60 Å². The molecule has 2 rings (SSSR count). The quantitative estimate of drug-likeness (QED) is 0.790. The number of ether oxygens (including phenoxy) is 3. The Morgan fingerprint density at radius 3 is 2.39 bits per heavy atom. The van der Waals surface area contributed by atoms with Gasteiger partial charge >= 0.3 is 5.97 Å². The molecule has 0 atom stereocenters. The lowest BCUT2D eigenvalue weighted by molar-refractivity contribution is -0.154. The normalized spacial score (nSPS) is 11.3. The van der Waals surface area contributed by atoms with Crippen LogP contribution < -0.4 is 9.47 Å². The number of aromatic nitrogens is 1. The molecule has 0 fully saturated rings. The molecule has 2 aromatic rings. The topological polar surface area (TPSA) is 57.7 Å². The fourth-order valence-corrected chi connectivity index (χ4v) is 2.37. The van der Waals surface area contributed by atoms with Crippen LogP contribution in [0.25, 0.3) is 10.8 Å². The van der Waals surface area contributed by atoms with E-state index in [-0.39, 0.29) is 12.4 Å². The number of aryl methyl sites for hydroxylation is 1. The molecule has 23 heavy (non-hydrogen) atoms. The van der Waals surface area contributed by atoms with Crippen molar-refractivity contribution >= 4 is 16.7 Å². The van der Waals surface area contributed by atoms with E-state index in [0.717, 1.165) is 16.5 Å². The van der Waals surface area contributed by atoms with Crippen molar-refractivity contribution in [3.8, 4) is 11.5 Å². The predicted octanol–water partition coefficient (Wildman–Crippen LogP) is 3.53. The fraction of sp³-hybridized carbons (Fsp3) is 0.444. The number of carbonyl (C=O) groups excluding carboxylic acids is 1. The summed E-state index contributed by atoms with van der Waals surface area (Å²) in [5.41, 5.74) is 0.370. The number of methoxy groups -OCH3 is 2. The first-order valence-electron chi connectivity index (χ1n) is 7.55. The Bertz CT molecular complexity index is 704. The van der Waals surface area contributed by atoms with Crippen molar-refractivity contribution in [1.82, 2.24) is 4.98 Å². The number of esters is 1. The van der Waals surface area contributed by atoms with Gasteiger partial charge in [0.05, 0.1) is 20.6 Å². The molecule has 1 aromatic carbocycles. The number of hydrogen-bond acceptors (Lipinski definition) is 5. The molecule has 0 aliphatic carbocycles. The van der Waals surface area contributed by atoms with E-state index < -0.39 is 5.60 Å². The standard InChI is InChI=1S/C18H23NO4/c1-18(2,3)23-17(20)7-6-14-13-11-16(22-5)15(21-4)10-12(13)8-9-19-14/h8-11H,6-7H2,1-5H3. The van der Waals surface area contributed by atoms with Crippen LogP contribution in [-0.2, 0) is 16.0 Å². The average Bonchev–Trinajstić information content (AvgIpc) is 2.49. The minimum Gasteiger partial charge on any atom is -0.493 e. The highest BCUT2D eigenvalue weighted by molar-refractivity contribution is 5.88. The Morgan fingerprint density at radius 1 is 1.13 bits per heavy atom. The summed E-state index contributed by atoms with van der Waals surface area (Å²) in [6.45, 7) is 5.58. The van der Waals surface area contributed by atoms with Crippen molar-refractivity contribution in [2.45, 2.75) is 39.2 Å². The van der Waals surface area contributed by atoms with Crippen molar-refractivity contribution < 1.29 is 19.0 Å². The number of carbonyl (C=O) groups is 1. The molecule has 0 aliphatic heterocycles. The Morgan fingerprint density at radius 2 is 1.78 bits per heavy atom. The lowest BCUT2D eigenvalue weighted by Crippen LogP contribution is -2.24. The lowest BCUT2D eigenvalue weighted by atomic mass is 10.1. The third-order valence-electron chi connectivity index (χ3n) is 3.34. The first-order valence-corrected chi connectivity index (χ1v) is 7.55. The van der Waals surface area contributed by atoms with Crippen molar-refractivity contribution in [2.24, 2.45) is 0 Å². The van der Waals surface area contributed by atoms with E-state index in [2.05, 4.69) is 4.98 Å². The summed E-state index contributed by atoms with van der Waals surface area (Å²) in [7, 11) is 3.20. The maximum atomic E-state index is 11.9. The molecule has 0 spiro atoms. The van der Waals surface area contributed by atoms with E-state index in [4.69, 9.17) is 14.2 Å². The maximum absolute atomic E-state index is 11.9. The Kier molecular flexibility index (Phi) is 5.08. The first kappa shape index (κ1) is 17.1. The molecule has 0 amide bonds. The van der Waals surface area contributed by atoms with Crippen LogP contribution in [0.15, 0.2) is 24.4 Å². The summed E-state index contributed by atoms with van der Waals surface area (Å²) >= 11 is 0. The van der Waals surface area contributed by atoms with Crippen LogP contribution in [0.1, 0.15) is 32.9 Å². The van der Waals surface area contributed by atoms with Crippen LogP contribution in [0, 0.1) is 0 Å². The van der Waals surface area contributed by atoms with Crippen molar-refractivity contribution in [3.63, 3.8) is 0 Å². The van der Waals surface area contributed by atoms with E-state index >= 15 is 0 Å². The van der Waals surface area contributed by atoms with E-state index in [0.29, 0.717) is 17.9 Å². The number of benzene rings is 1. The molecule has 5 nitrogen and oxygen atoms in total. The molecule has 0 aliphatic rings. The van der Waals surface area contributed by atoms with Gasteiger partial charge in [-0.15, -0.1) is 0 Å². The highest BCUT2D eigenvalue weighted by Crippen LogP contribution is 2.33. The molecule has 0 unspecified atom stereocenters. The van der Waals surface area contributed by atoms with Crippen molar-refractivity contribution in [2.75, 3.05) is 14.2 Å². The Balaban J connectivity index is 2.25. The van der Waals surface area contributed by atoms with Gasteiger partial charge in [0.25, 0.3) is 0 Å². The molecule has 0 radical (unpaired) electrons. The number of rotatable bonds is 5. The minimum absolute atomic E-state index is 0.225. The maximum Gasteiger partial charge on any atom is 0.306 e. The largest absolute Gasteiger partial charge is 0.493 e. The fourth-order valence-electron chi connectivity index (χ4n) is 2.37. The van der Waals surface area contributed by atoms with Gasteiger partial charge in [-0.3, -0.25) is 9.78 Å². The smallest absolute Gasteiger partial charge is 0.306 e. The molecule has 124 valence electrons. The van der Waals surface area contributed by atoms with E-state index in [9.17, 15) is 4.79 Å². The molecular formula is C18H23NO4. The summed E-state index contributed by atoms with van der Waals surface area (Å²) in [5.74, 6) is 1.09. The summed E-state index contributed by atoms with van der Waals surface area (Å²) in [4.78, 5) is 16.3. The summed E-state index contributed by atoms with van der Waals surface area (Å²) in [5, 5.41) is 1.95. The minimum atomic E-state index is -0.472. The lowest BCUT2D eigenvalue weighted by Gasteiger charge is -2.19. The van der Waals surface area contributed by atoms with Gasteiger partial charge in [-0.25, -0.2) is 0 Å². The zero-order valence-electron chi connectivity index (χ0n) is 14.3. The van der Waals surface area contributed by atoms with Crippen LogP contribution >= 0.6 is 0 Å². The number of pyridine rings is 1. The van der Waals surface area contributed by atoms with Crippen LogP contribution in [0.4, 0.5) is 0 Å². The molecule has 0 saturated heterocycles. The van der Waals surface area contributed by atoms with Gasteiger partial charge in [0.15, 0.2) is 11.5 Å². The molecule has 1 aromatic heterocycles. The second-order valence-corrected chi connectivity index (χ2v) is 6.27. The third-order valence-corrected chi connectivity index (χ3v) is 3.34. The highest BCUT2D eigenvalue weighted by atomic mass is 16.6. The number of nitrogens with zero attached hydrogens (tertiary/aromatic N) is 1. The van der Waals surface area contributed by atoms with Crippen molar-refractivity contribution in [1.29, 1.82) is 0 Å². The second-order valence-electron chi connectivity index (χ2n) is 6.27. The zero-order chi connectivity index (χ0) is 17.0. The first-order chi connectivity index (χ1) is 10.8. The van der Waals surface area contributed by atoms with E-state index in [1.165, 1.54) is 0 Å². The van der Waals surface area contributed by atoms with E-state index in [1.54, 1.807) is 20.4 Å². The van der Waals surface area contributed by atoms with Gasteiger partial charge in [-0.1, -0.05) is 0 Å². The molecule has 0 saturated carbocycles.